The van der Waals surface area contributed by atoms with Crippen molar-refractivity contribution in [3.05, 3.63) is 42.5 Å². The summed E-state index contributed by atoms with van der Waals surface area (Å²) in [6, 6.07) is 7.95. The van der Waals surface area contributed by atoms with Gasteiger partial charge in [-0.25, -0.2) is 4.99 Å². The highest BCUT2D eigenvalue weighted by atomic mass is 16.1. The lowest BCUT2D eigenvalue weighted by Crippen LogP contribution is -2.29. The number of nitrogens with zero attached hydrogens (tertiary/aromatic N) is 1. The second-order valence-corrected chi connectivity index (χ2v) is 4.70. The van der Waals surface area contributed by atoms with Gasteiger partial charge >= 0.3 is 0 Å². The van der Waals surface area contributed by atoms with Gasteiger partial charge in [0.2, 0.25) is 5.91 Å². The van der Waals surface area contributed by atoms with Gasteiger partial charge in [0.05, 0.1) is 0 Å². The van der Waals surface area contributed by atoms with Crippen LogP contribution in [0.4, 0.5) is 5.69 Å². The molecule has 20 heavy (non-hydrogen) atoms. The van der Waals surface area contributed by atoms with Crippen LogP contribution in [-0.2, 0) is 4.79 Å². The van der Waals surface area contributed by atoms with E-state index in [9.17, 15) is 4.79 Å². The predicted molar refractivity (Wildman–Crippen MR) is 83.8 cm³/mol. The molecule has 0 aliphatic heterocycles. The molecule has 0 aliphatic carbocycles. The molecular formula is C15H22N4O. The zero-order valence-electron chi connectivity index (χ0n) is 12.0. The summed E-state index contributed by atoms with van der Waals surface area (Å²) >= 11 is 0. The summed E-state index contributed by atoms with van der Waals surface area (Å²) in [6.07, 6.45) is 1.61. The SMILES string of the molecule is C=CCNC(=O)CN=C(N)Nc1cccc(C(C)C)c1. The summed E-state index contributed by atoms with van der Waals surface area (Å²) in [5, 5.41) is 5.60. The van der Waals surface area contributed by atoms with Crippen LogP contribution in [0.25, 0.3) is 0 Å². The average molecular weight is 274 g/mol. The van der Waals surface area contributed by atoms with Crippen LogP contribution in [0.3, 0.4) is 0 Å². The Balaban J connectivity index is 2.56. The number of carbonyl (C=O) groups excluding carboxylic acids is 1. The topological polar surface area (TPSA) is 79.5 Å². The molecule has 0 aliphatic rings. The predicted octanol–water partition coefficient (Wildman–Crippen LogP) is 1.84. The summed E-state index contributed by atoms with van der Waals surface area (Å²) in [5.74, 6) is 0.477. The van der Waals surface area contributed by atoms with E-state index in [0.717, 1.165) is 5.69 Å². The van der Waals surface area contributed by atoms with Crippen LogP contribution in [0.1, 0.15) is 25.3 Å². The Morgan fingerprint density at radius 1 is 1.50 bits per heavy atom. The van der Waals surface area contributed by atoms with Crippen LogP contribution in [-0.4, -0.2) is 25.0 Å². The van der Waals surface area contributed by atoms with E-state index in [1.54, 1.807) is 6.08 Å². The maximum absolute atomic E-state index is 11.4. The zero-order valence-corrected chi connectivity index (χ0v) is 12.0. The molecular weight excluding hydrogens is 252 g/mol. The molecule has 1 aromatic rings. The van der Waals surface area contributed by atoms with E-state index in [2.05, 4.69) is 42.1 Å². The summed E-state index contributed by atoms with van der Waals surface area (Å²) in [5.41, 5.74) is 7.83. The molecule has 5 nitrogen and oxygen atoms in total. The van der Waals surface area contributed by atoms with E-state index in [-0.39, 0.29) is 18.4 Å². The lowest BCUT2D eigenvalue weighted by Gasteiger charge is -2.09. The van der Waals surface area contributed by atoms with Crippen LogP contribution in [0.2, 0.25) is 0 Å². The standard InChI is InChI=1S/C15H22N4O/c1-4-8-17-14(20)10-18-15(16)19-13-7-5-6-12(9-13)11(2)3/h4-7,9,11H,1,8,10H2,2-3H3,(H,17,20)(H3,16,18,19). The van der Waals surface area contributed by atoms with Crippen molar-refractivity contribution in [3.63, 3.8) is 0 Å². The number of carbonyl (C=O) groups is 1. The maximum Gasteiger partial charge on any atom is 0.242 e. The third-order valence-corrected chi connectivity index (χ3v) is 2.66. The molecule has 0 saturated heterocycles. The van der Waals surface area contributed by atoms with Crippen molar-refractivity contribution >= 4 is 17.6 Å². The Morgan fingerprint density at radius 2 is 2.25 bits per heavy atom. The fraction of sp³-hybridized carbons (Fsp3) is 0.333. The van der Waals surface area contributed by atoms with Crippen molar-refractivity contribution in [2.75, 3.05) is 18.4 Å². The van der Waals surface area contributed by atoms with Gasteiger partial charge in [-0.1, -0.05) is 32.1 Å². The Hall–Kier alpha value is -2.30. The first-order valence-corrected chi connectivity index (χ1v) is 6.57. The smallest absolute Gasteiger partial charge is 0.242 e. The number of anilines is 1. The quantitative estimate of drug-likeness (QED) is 0.421. The van der Waals surface area contributed by atoms with Gasteiger partial charge in [-0.3, -0.25) is 4.79 Å². The molecule has 0 unspecified atom stereocenters. The number of benzene rings is 1. The van der Waals surface area contributed by atoms with Crippen molar-refractivity contribution in [1.82, 2.24) is 5.32 Å². The van der Waals surface area contributed by atoms with Crippen molar-refractivity contribution in [3.8, 4) is 0 Å². The summed E-state index contributed by atoms with van der Waals surface area (Å²) in [6.45, 7) is 8.19. The Kier molecular flexibility index (Phi) is 6.29. The number of nitrogens with two attached hydrogens (primary N) is 1. The number of rotatable bonds is 6. The Labute approximate surface area is 120 Å². The van der Waals surface area contributed by atoms with Crippen molar-refractivity contribution < 1.29 is 4.79 Å². The van der Waals surface area contributed by atoms with Gasteiger partial charge < -0.3 is 16.4 Å². The Bertz CT molecular complexity index is 494. The minimum atomic E-state index is -0.189. The minimum absolute atomic E-state index is 0.00343. The lowest BCUT2D eigenvalue weighted by molar-refractivity contribution is -0.119. The minimum Gasteiger partial charge on any atom is -0.370 e. The van der Waals surface area contributed by atoms with E-state index >= 15 is 0 Å². The second kappa shape index (κ2) is 7.99. The van der Waals surface area contributed by atoms with Crippen molar-refractivity contribution in [2.45, 2.75) is 19.8 Å². The van der Waals surface area contributed by atoms with Crippen molar-refractivity contribution in [2.24, 2.45) is 10.7 Å². The van der Waals surface area contributed by atoms with Gasteiger partial charge in [0.1, 0.15) is 6.54 Å². The molecule has 0 saturated carbocycles. The molecule has 1 amide bonds. The van der Waals surface area contributed by atoms with E-state index in [1.165, 1.54) is 5.56 Å². The molecule has 0 spiro atoms. The number of guanidine groups is 1. The third-order valence-electron chi connectivity index (χ3n) is 2.66. The molecule has 0 radical (unpaired) electrons. The molecule has 0 heterocycles. The van der Waals surface area contributed by atoms with Crippen molar-refractivity contribution in [1.29, 1.82) is 0 Å². The molecule has 0 fully saturated rings. The average Bonchev–Trinajstić information content (AvgIpc) is 2.43. The Morgan fingerprint density at radius 3 is 2.90 bits per heavy atom. The van der Waals surface area contributed by atoms with E-state index < -0.39 is 0 Å². The van der Waals surface area contributed by atoms with Crippen LogP contribution in [0.15, 0.2) is 41.9 Å². The summed E-state index contributed by atoms with van der Waals surface area (Å²) in [4.78, 5) is 15.3. The van der Waals surface area contributed by atoms with E-state index in [0.29, 0.717) is 12.5 Å². The van der Waals surface area contributed by atoms with Crippen LogP contribution in [0.5, 0.6) is 0 Å². The highest BCUT2D eigenvalue weighted by Gasteiger charge is 2.02. The number of aliphatic imine (C=N–C) groups is 1. The monoisotopic (exact) mass is 274 g/mol. The zero-order chi connectivity index (χ0) is 15.0. The third kappa shape index (κ3) is 5.56. The highest BCUT2D eigenvalue weighted by Crippen LogP contribution is 2.18. The second-order valence-electron chi connectivity index (χ2n) is 4.70. The highest BCUT2D eigenvalue weighted by molar-refractivity contribution is 5.93. The number of hydrogen-bond donors (Lipinski definition) is 3. The number of amides is 1. The lowest BCUT2D eigenvalue weighted by atomic mass is 10.0. The molecule has 0 aromatic heterocycles. The summed E-state index contributed by atoms with van der Waals surface area (Å²) < 4.78 is 0. The van der Waals surface area contributed by atoms with Gasteiger partial charge in [0, 0.05) is 12.2 Å². The normalized spacial score (nSPS) is 11.2. The van der Waals surface area contributed by atoms with Gasteiger partial charge in [-0.2, -0.15) is 0 Å². The fourth-order valence-corrected chi connectivity index (χ4v) is 1.56. The molecule has 4 N–H and O–H groups in total. The molecule has 5 heteroatoms. The molecule has 108 valence electrons. The molecule has 0 atom stereocenters. The van der Waals surface area contributed by atoms with Crippen LogP contribution < -0.4 is 16.4 Å². The van der Waals surface area contributed by atoms with Gasteiger partial charge in [-0.15, -0.1) is 6.58 Å². The largest absolute Gasteiger partial charge is 0.370 e. The fourth-order valence-electron chi connectivity index (χ4n) is 1.56. The van der Waals surface area contributed by atoms with E-state index in [4.69, 9.17) is 5.73 Å². The number of nitrogens with one attached hydrogen (secondary N) is 2. The van der Waals surface area contributed by atoms with Gasteiger partial charge in [0.15, 0.2) is 5.96 Å². The molecule has 1 rings (SSSR count). The first kappa shape index (κ1) is 15.8. The molecule has 0 bridgehead atoms. The van der Waals surface area contributed by atoms with Gasteiger partial charge in [-0.05, 0) is 23.6 Å². The maximum atomic E-state index is 11.4. The van der Waals surface area contributed by atoms with Gasteiger partial charge in [0.25, 0.3) is 0 Å². The van der Waals surface area contributed by atoms with Crippen LogP contribution >= 0.6 is 0 Å². The molecule has 1 aromatic carbocycles. The van der Waals surface area contributed by atoms with E-state index in [1.807, 2.05) is 18.2 Å². The van der Waals surface area contributed by atoms with Crippen LogP contribution in [0, 0.1) is 0 Å². The number of hydrogen-bond acceptors (Lipinski definition) is 2. The first-order chi connectivity index (χ1) is 9.52. The summed E-state index contributed by atoms with van der Waals surface area (Å²) in [7, 11) is 0. The first-order valence-electron chi connectivity index (χ1n) is 6.57.